The van der Waals surface area contributed by atoms with Gasteiger partial charge in [-0.05, 0) is 64.7 Å². The number of hydrogen-bond donors (Lipinski definition) is 1. The maximum Gasteiger partial charge on any atom is 0.163 e. The number of piperidine rings is 1. The number of halogens is 1. The van der Waals surface area contributed by atoms with Crippen LogP contribution in [0, 0.1) is 5.92 Å². The zero-order valence-electron chi connectivity index (χ0n) is 17.2. The van der Waals surface area contributed by atoms with Crippen LogP contribution in [0.2, 0.25) is 0 Å². The van der Waals surface area contributed by atoms with E-state index in [1.165, 1.54) is 0 Å². The van der Waals surface area contributed by atoms with Gasteiger partial charge in [0.25, 0.3) is 0 Å². The second kappa shape index (κ2) is 8.38. The first-order chi connectivity index (χ1) is 13.1. The Morgan fingerprint density at radius 3 is 2.32 bits per heavy atom. The summed E-state index contributed by atoms with van der Waals surface area (Å²) in [5.74, 6) is 1.46. The van der Waals surface area contributed by atoms with Crippen LogP contribution in [0.4, 0.5) is 0 Å². The van der Waals surface area contributed by atoms with Gasteiger partial charge < -0.3 is 10.1 Å². The van der Waals surface area contributed by atoms with E-state index in [1.54, 1.807) is 0 Å². The van der Waals surface area contributed by atoms with Crippen LogP contribution in [0.3, 0.4) is 0 Å². The van der Waals surface area contributed by atoms with Crippen molar-refractivity contribution in [2.75, 3.05) is 0 Å². The maximum atomic E-state index is 12.9. The van der Waals surface area contributed by atoms with E-state index in [9.17, 15) is 4.79 Å². The van der Waals surface area contributed by atoms with Crippen molar-refractivity contribution in [1.29, 1.82) is 0 Å². The SMILES string of the molecule is CC1(C)CC(CC(=O)c2ccc(COc3ccccc3)c(Br)c2)CC(C)(C)N1. The molecule has 0 amide bonds. The van der Waals surface area contributed by atoms with E-state index in [0.29, 0.717) is 18.9 Å². The van der Waals surface area contributed by atoms with Gasteiger partial charge in [0.05, 0.1) is 0 Å². The van der Waals surface area contributed by atoms with Crippen LogP contribution < -0.4 is 10.1 Å². The Bertz CT molecular complexity index is 814. The molecule has 1 fully saturated rings. The summed E-state index contributed by atoms with van der Waals surface area (Å²) in [5.41, 5.74) is 1.92. The van der Waals surface area contributed by atoms with Crippen LogP contribution in [-0.2, 0) is 6.61 Å². The van der Waals surface area contributed by atoms with Crippen molar-refractivity contribution in [2.45, 2.75) is 64.6 Å². The van der Waals surface area contributed by atoms with Crippen molar-refractivity contribution in [2.24, 2.45) is 5.92 Å². The summed E-state index contributed by atoms with van der Waals surface area (Å²) >= 11 is 3.61. The molecular weight excluding hydrogens is 414 g/mol. The number of nitrogens with one attached hydrogen (secondary N) is 1. The Morgan fingerprint density at radius 2 is 1.71 bits per heavy atom. The molecule has 1 heterocycles. The van der Waals surface area contributed by atoms with E-state index in [0.717, 1.165) is 34.2 Å². The minimum Gasteiger partial charge on any atom is -0.489 e. The summed E-state index contributed by atoms with van der Waals surface area (Å²) in [7, 11) is 0. The lowest BCUT2D eigenvalue weighted by molar-refractivity contribution is 0.0864. The summed E-state index contributed by atoms with van der Waals surface area (Å²) in [6.45, 7) is 9.37. The molecule has 0 spiro atoms. The van der Waals surface area contributed by atoms with E-state index in [2.05, 4.69) is 48.9 Å². The minimum atomic E-state index is 0.0614. The van der Waals surface area contributed by atoms with Gasteiger partial charge in [0.2, 0.25) is 0 Å². The van der Waals surface area contributed by atoms with Crippen molar-refractivity contribution in [3.05, 3.63) is 64.1 Å². The first-order valence-corrected chi connectivity index (χ1v) is 10.7. The second-order valence-electron chi connectivity index (χ2n) is 9.20. The largest absolute Gasteiger partial charge is 0.489 e. The summed E-state index contributed by atoms with van der Waals surface area (Å²) in [6.07, 6.45) is 2.64. The zero-order valence-corrected chi connectivity index (χ0v) is 18.8. The Balaban J connectivity index is 1.63. The van der Waals surface area contributed by atoms with Crippen LogP contribution in [0.25, 0.3) is 0 Å². The number of ketones is 1. The molecule has 0 aliphatic carbocycles. The van der Waals surface area contributed by atoms with Crippen molar-refractivity contribution in [3.63, 3.8) is 0 Å². The highest BCUT2D eigenvalue weighted by molar-refractivity contribution is 9.10. The third-order valence-electron chi connectivity index (χ3n) is 5.26. The Labute approximate surface area is 177 Å². The number of hydrogen-bond acceptors (Lipinski definition) is 3. The molecule has 0 radical (unpaired) electrons. The molecule has 1 saturated heterocycles. The van der Waals surface area contributed by atoms with Gasteiger partial charge in [0, 0.05) is 33.1 Å². The quantitative estimate of drug-likeness (QED) is 0.543. The molecule has 4 heteroatoms. The van der Waals surface area contributed by atoms with Gasteiger partial charge in [-0.15, -0.1) is 0 Å². The fraction of sp³-hybridized carbons (Fsp3) is 0.458. The first kappa shape index (κ1) is 21.1. The molecule has 1 N–H and O–H groups in total. The molecule has 28 heavy (non-hydrogen) atoms. The third-order valence-corrected chi connectivity index (χ3v) is 6.00. The lowest BCUT2D eigenvalue weighted by Crippen LogP contribution is -2.57. The number of benzene rings is 2. The fourth-order valence-electron chi connectivity index (χ4n) is 4.57. The maximum absolute atomic E-state index is 12.9. The Kier molecular flexibility index (Phi) is 6.31. The van der Waals surface area contributed by atoms with Gasteiger partial charge in [0.15, 0.2) is 5.78 Å². The molecule has 0 saturated carbocycles. The second-order valence-corrected chi connectivity index (χ2v) is 10.1. The number of Topliss-reactive ketones (excluding diaryl/α,β-unsaturated/α-hetero) is 1. The van der Waals surface area contributed by atoms with Crippen LogP contribution in [0.1, 0.15) is 62.9 Å². The predicted octanol–water partition coefficient (Wildman–Crippen LogP) is 6.16. The van der Waals surface area contributed by atoms with Gasteiger partial charge in [-0.3, -0.25) is 4.79 Å². The van der Waals surface area contributed by atoms with E-state index in [-0.39, 0.29) is 16.9 Å². The first-order valence-electron chi connectivity index (χ1n) is 9.92. The standard InChI is InChI=1S/C24H30BrNO2/c1-23(2)14-17(15-24(3,4)26-23)12-22(27)18-10-11-19(21(25)13-18)16-28-20-8-6-5-7-9-20/h5-11,13,17,26H,12,14-16H2,1-4H3. The van der Waals surface area contributed by atoms with E-state index < -0.39 is 0 Å². The molecule has 0 bridgehead atoms. The normalized spacial score (nSPS) is 18.6. The lowest BCUT2D eigenvalue weighted by atomic mass is 9.74. The molecule has 2 aromatic rings. The molecule has 2 aromatic carbocycles. The topological polar surface area (TPSA) is 38.3 Å². The van der Waals surface area contributed by atoms with Gasteiger partial charge >= 0.3 is 0 Å². The summed E-state index contributed by atoms with van der Waals surface area (Å²) in [5, 5.41) is 3.69. The number of ether oxygens (including phenoxy) is 1. The highest BCUT2D eigenvalue weighted by Gasteiger charge is 2.38. The van der Waals surface area contributed by atoms with E-state index >= 15 is 0 Å². The molecule has 1 aliphatic rings. The fourth-order valence-corrected chi connectivity index (χ4v) is 5.07. The average molecular weight is 444 g/mol. The molecule has 3 rings (SSSR count). The number of carbonyl (C=O) groups is 1. The van der Waals surface area contributed by atoms with E-state index in [4.69, 9.17) is 4.74 Å². The molecule has 0 atom stereocenters. The van der Waals surface area contributed by atoms with Crippen LogP contribution in [-0.4, -0.2) is 16.9 Å². The van der Waals surface area contributed by atoms with E-state index in [1.807, 2.05) is 48.5 Å². The van der Waals surface area contributed by atoms with Crippen molar-refractivity contribution >= 4 is 21.7 Å². The highest BCUT2D eigenvalue weighted by atomic mass is 79.9. The monoisotopic (exact) mass is 443 g/mol. The highest BCUT2D eigenvalue weighted by Crippen LogP contribution is 2.35. The van der Waals surface area contributed by atoms with Crippen LogP contribution in [0.15, 0.2) is 53.0 Å². The number of para-hydroxylation sites is 1. The average Bonchev–Trinajstić information content (AvgIpc) is 2.58. The Hall–Kier alpha value is -1.65. The van der Waals surface area contributed by atoms with Gasteiger partial charge in [-0.25, -0.2) is 0 Å². The summed E-state index contributed by atoms with van der Waals surface area (Å²) < 4.78 is 6.74. The molecule has 1 aliphatic heterocycles. The van der Waals surface area contributed by atoms with Crippen LogP contribution >= 0.6 is 15.9 Å². The van der Waals surface area contributed by atoms with Crippen LogP contribution in [0.5, 0.6) is 5.75 Å². The van der Waals surface area contributed by atoms with Crippen molar-refractivity contribution in [1.82, 2.24) is 5.32 Å². The van der Waals surface area contributed by atoms with Gasteiger partial charge in [-0.2, -0.15) is 0 Å². The molecule has 150 valence electrons. The van der Waals surface area contributed by atoms with Gasteiger partial charge in [0.1, 0.15) is 12.4 Å². The molecule has 3 nitrogen and oxygen atoms in total. The predicted molar refractivity (Wildman–Crippen MR) is 118 cm³/mol. The third kappa shape index (κ3) is 5.68. The summed E-state index contributed by atoms with van der Waals surface area (Å²) in [6, 6.07) is 15.6. The number of rotatable bonds is 6. The van der Waals surface area contributed by atoms with Crippen molar-refractivity contribution in [3.8, 4) is 5.75 Å². The zero-order chi connectivity index (χ0) is 20.4. The molecule has 0 aromatic heterocycles. The molecule has 0 unspecified atom stereocenters. The van der Waals surface area contributed by atoms with Crippen molar-refractivity contribution < 1.29 is 9.53 Å². The lowest BCUT2D eigenvalue weighted by Gasteiger charge is -2.46. The molecular formula is C24H30BrNO2. The Morgan fingerprint density at radius 1 is 1.07 bits per heavy atom. The minimum absolute atomic E-state index is 0.0614. The van der Waals surface area contributed by atoms with Gasteiger partial charge in [-0.1, -0.05) is 46.3 Å². The smallest absolute Gasteiger partial charge is 0.163 e. The summed E-state index contributed by atoms with van der Waals surface area (Å²) in [4.78, 5) is 12.9. The number of carbonyl (C=O) groups excluding carboxylic acids is 1.